The Morgan fingerprint density at radius 1 is 1.41 bits per heavy atom. The Balaban J connectivity index is 2.34. The summed E-state index contributed by atoms with van der Waals surface area (Å²) < 4.78 is 5.16. The highest BCUT2D eigenvalue weighted by Crippen LogP contribution is 2.26. The van der Waals surface area contributed by atoms with E-state index >= 15 is 0 Å². The highest BCUT2D eigenvalue weighted by Gasteiger charge is 2.02. The zero-order valence-electron chi connectivity index (χ0n) is 10.0. The van der Waals surface area contributed by atoms with Crippen molar-refractivity contribution in [3.05, 3.63) is 22.7 Å². The average Bonchev–Trinajstić information content (AvgIpc) is 2.30. The lowest BCUT2D eigenvalue weighted by Crippen LogP contribution is -2.08. The summed E-state index contributed by atoms with van der Waals surface area (Å²) in [5.74, 6) is 0. The zero-order valence-corrected chi connectivity index (χ0v) is 10.8. The number of nitrogens with two attached hydrogens (primary N) is 1. The number of aliphatic hydroxyl groups excluding tert-OH is 1. The van der Waals surface area contributed by atoms with Crippen LogP contribution in [0, 0.1) is 6.92 Å². The molecule has 0 amide bonds. The molecule has 1 rings (SSSR count). The lowest BCUT2D eigenvalue weighted by Gasteiger charge is -2.11. The summed E-state index contributed by atoms with van der Waals surface area (Å²) in [6.45, 7) is 3.88. The molecular formula is C12H19ClN2O2. The second kappa shape index (κ2) is 7.37. The van der Waals surface area contributed by atoms with Crippen molar-refractivity contribution in [2.45, 2.75) is 13.3 Å². The number of nitrogen functional groups attached to an aromatic ring is 1. The van der Waals surface area contributed by atoms with Gasteiger partial charge < -0.3 is 20.9 Å². The van der Waals surface area contributed by atoms with Gasteiger partial charge in [0.15, 0.2) is 0 Å². The molecule has 4 nitrogen and oxygen atoms in total. The molecular weight excluding hydrogens is 240 g/mol. The quantitative estimate of drug-likeness (QED) is 0.517. The highest BCUT2D eigenvalue weighted by atomic mass is 35.5. The molecule has 0 saturated carbocycles. The summed E-state index contributed by atoms with van der Waals surface area (Å²) >= 11 is 5.95. The predicted molar refractivity (Wildman–Crippen MR) is 71.6 cm³/mol. The van der Waals surface area contributed by atoms with Gasteiger partial charge in [-0.2, -0.15) is 0 Å². The van der Waals surface area contributed by atoms with Crippen LogP contribution in [-0.4, -0.2) is 31.5 Å². The SMILES string of the molecule is Cc1cc(N)c(Cl)cc1NCCCOCCO. The van der Waals surface area contributed by atoms with Crippen LogP contribution in [0.5, 0.6) is 0 Å². The predicted octanol–water partition coefficient (Wildman–Crippen LogP) is 2.04. The number of aryl methyl sites for hydroxylation is 1. The largest absolute Gasteiger partial charge is 0.398 e. The van der Waals surface area contributed by atoms with E-state index in [1.54, 1.807) is 0 Å². The summed E-state index contributed by atoms with van der Waals surface area (Å²) in [4.78, 5) is 0. The van der Waals surface area contributed by atoms with Crippen molar-refractivity contribution in [2.75, 3.05) is 37.4 Å². The molecule has 1 aromatic rings. The van der Waals surface area contributed by atoms with Crippen LogP contribution in [0.4, 0.5) is 11.4 Å². The van der Waals surface area contributed by atoms with Gasteiger partial charge in [0.05, 0.1) is 23.9 Å². The lowest BCUT2D eigenvalue weighted by atomic mass is 10.2. The molecule has 0 aliphatic rings. The fourth-order valence-corrected chi connectivity index (χ4v) is 1.62. The van der Waals surface area contributed by atoms with Crippen LogP contribution in [-0.2, 0) is 4.74 Å². The number of nitrogens with one attached hydrogen (secondary N) is 1. The van der Waals surface area contributed by atoms with E-state index in [1.807, 2.05) is 19.1 Å². The highest BCUT2D eigenvalue weighted by molar-refractivity contribution is 6.33. The van der Waals surface area contributed by atoms with E-state index < -0.39 is 0 Å². The molecule has 1 aromatic carbocycles. The standard InChI is InChI=1S/C12H19ClN2O2/c1-9-7-11(14)10(13)8-12(9)15-3-2-5-17-6-4-16/h7-8,15-16H,2-6,14H2,1H3. The van der Waals surface area contributed by atoms with Gasteiger partial charge in [0.25, 0.3) is 0 Å². The van der Waals surface area contributed by atoms with Crippen LogP contribution in [0.15, 0.2) is 12.1 Å². The topological polar surface area (TPSA) is 67.5 Å². The minimum Gasteiger partial charge on any atom is -0.398 e. The Bertz CT molecular complexity index is 359. The van der Waals surface area contributed by atoms with E-state index in [-0.39, 0.29) is 6.61 Å². The Labute approximate surface area is 107 Å². The molecule has 0 aromatic heterocycles. The van der Waals surface area contributed by atoms with Gasteiger partial charge in [0.1, 0.15) is 0 Å². The van der Waals surface area contributed by atoms with Crippen LogP contribution >= 0.6 is 11.6 Å². The molecule has 0 aliphatic heterocycles. The lowest BCUT2D eigenvalue weighted by molar-refractivity contribution is 0.0922. The van der Waals surface area contributed by atoms with E-state index in [2.05, 4.69) is 5.32 Å². The van der Waals surface area contributed by atoms with Gasteiger partial charge in [-0.25, -0.2) is 0 Å². The first-order chi connectivity index (χ1) is 8.15. The number of ether oxygens (including phenoxy) is 1. The Hall–Kier alpha value is -0.970. The molecule has 0 atom stereocenters. The number of aliphatic hydroxyl groups is 1. The van der Waals surface area contributed by atoms with Gasteiger partial charge in [-0.1, -0.05) is 11.6 Å². The molecule has 0 unspecified atom stereocenters. The third-order valence-electron chi connectivity index (χ3n) is 2.36. The van der Waals surface area contributed by atoms with Gasteiger partial charge in [-0.3, -0.25) is 0 Å². The van der Waals surface area contributed by atoms with Gasteiger partial charge >= 0.3 is 0 Å². The molecule has 5 heteroatoms. The number of anilines is 2. The van der Waals surface area contributed by atoms with Crippen molar-refractivity contribution < 1.29 is 9.84 Å². The minimum atomic E-state index is 0.0696. The van der Waals surface area contributed by atoms with Crippen LogP contribution < -0.4 is 11.1 Å². The normalized spacial score (nSPS) is 10.5. The molecule has 96 valence electrons. The van der Waals surface area contributed by atoms with Crippen molar-refractivity contribution >= 4 is 23.0 Å². The summed E-state index contributed by atoms with van der Waals surface area (Å²) in [6.07, 6.45) is 0.876. The second-order valence-corrected chi connectivity index (χ2v) is 4.21. The molecule has 0 bridgehead atoms. The van der Waals surface area contributed by atoms with Gasteiger partial charge in [0.2, 0.25) is 0 Å². The molecule has 0 heterocycles. The maximum atomic E-state index is 8.53. The van der Waals surface area contributed by atoms with Crippen LogP contribution in [0.25, 0.3) is 0 Å². The van der Waals surface area contributed by atoms with Crippen molar-refractivity contribution in [1.29, 1.82) is 0 Å². The molecule has 17 heavy (non-hydrogen) atoms. The maximum Gasteiger partial charge on any atom is 0.0697 e. The van der Waals surface area contributed by atoms with Crippen molar-refractivity contribution in [3.63, 3.8) is 0 Å². The molecule has 0 spiro atoms. The summed E-state index contributed by atoms with van der Waals surface area (Å²) in [5, 5.41) is 12.4. The Morgan fingerprint density at radius 2 is 2.18 bits per heavy atom. The molecule has 0 fully saturated rings. The van der Waals surface area contributed by atoms with Crippen molar-refractivity contribution in [3.8, 4) is 0 Å². The molecule has 4 N–H and O–H groups in total. The van der Waals surface area contributed by atoms with Crippen LogP contribution in [0.3, 0.4) is 0 Å². The van der Waals surface area contributed by atoms with E-state index in [1.165, 1.54) is 0 Å². The first-order valence-corrected chi connectivity index (χ1v) is 6.01. The first-order valence-electron chi connectivity index (χ1n) is 5.63. The van der Waals surface area contributed by atoms with Crippen molar-refractivity contribution in [1.82, 2.24) is 0 Å². The summed E-state index contributed by atoms with van der Waals surface area (Å²) in [5.41, 5.74) is 8.36. The molecule has 0 saturated heterocycles. The van der Waals surface area contributed by atoms with E-state index in [0.29, 0.717) is 23.9 Å². The van der Waals surface area contributed by atoms with E-state index in [4.69, 9.17) is 27.2 Å². The Kier molecular flexibility index (Phi) is 6.11. The van der Waals surface area contributed by atoms with Crippen LogP contribution in [0.2, 0.25) is 5.02 Å². The zero-order chi connectivity index (χ0) is 12.7. The number of benzene rings is 1. The Morgan fingerprint density at radius 3 is 2.88 bits per heavy atom. The monoisotopic (exact) mass is 258 g/mol. The fraction of sp³-hybridized carbons (Fsp3) is 0.500. The summed E-state index contributed by atoms with van der Waals surface area (Å²) in [6, 6.07) is 3.69. The number of halogens is 1. The number of hydrogen-bond donors (Lipinski definition) is 3. The van der Waals surface area contributed by atoms with Gasteiger partial charge in [0, 0.05) is 18.8 Å². The van der Waals surface area contributed by atoms with Gasteiger partial charge in [-0.15, -0.1) is 0 Å². The van der Waals surface area contributed by atoms with Crippen LogP contribution in [0.1, 0.15) is 12.0 Å². The smallest absolute Gasteiger partial charge is 0.0697 e. The summed E-state index contributed by atoms with van der Waals surface area (Å²) in [7, 11) is 0. The second-order valence-electron chi connectivity index (χ2n) is 3.80. The molecule has 0 radical (unpaired) electrons. The van der Waals surface area contributed by atoms with E-state index in [9.17, 15) is 0 Å². The van der Waals surface area contributed by atoms with Crippen molar-refractivity contribution in [2.24, 2.45) is 0 Å². The average molecular weight is 259 g/mol. The third-order valence-corrected chi connectivity index (χ3v) is 2.69. The fourth-order valence-electron chi connectivity index (χ4n) is 1.46. The minimum absolute atomic E-state index is 0.0696. The van der Waals surface area contributed by atoms with Gasteiger partial charge in [-0.05, 0) is 31.0 Å². The number of rotatable bonds is 7. The maximum absolute atomic E-state index is 8.53. The van der Waals surface area contributed by atoms with E-state index in [0.717, 1.165) is 24.2 Å². The molecule has 0 aliphatic carbocycles. The first kappa shape index (κ1) is 14.1. The third kappa shape index (κ3) is 4.81. The number of hydrogen-bond acceptors (Lipinski definition) is 4.